The molecule has 26 heavy (non-hydrogen) atoms. The number of fused-ring (bicyclic) bond motifs is 1. The van der Waals surface area contributed by atoms with Crippen LogP contribution < -0.4 is 10.9 Å². The quantitative estimate of drug-likeness (QED) is 0.689. The molecule has 132 valence electrons. The average Bonchev–Trinajstić information content (AvgIpc) is 2.60. The number of rotatable bonds is 4. The fourth-order valence-electron chi connectivity index (χ4n) is 2.46. The molecule has 0 spiro atoms. The largest absolute Gasteiger partial charge is 0.449 e. The number of nitrogens with one attached hydrogen (secondary N) is 2. The van der Waals surface area contributed by atoms with E-state index in [1.807, 2.05) is 0 Å². The Morgan fingerprint density at radius 3 is 2.65 bits per heavy atom. The van der Waals surface area contributed by atoms with Crippen LogP contribution in [-0.4, -0.2) is 23.0 Å². The van der Waals surface area contributed by atoms with Crippen molar-refractivity contribution in [3.05, 3.63) is 75.5 Å². The van der Waals surface area contributed by atoms with Gasteiger partial charge < -0.3 is 15.0 Å². The molecule has 0 aliphatic rings. The van der Waals surface area contributed by atoms with E-state index in [0.717, 1.165) is 6.07 Å². The number of H-pyrrole nitrogens is 1. The molecule has 3 rings (SSSR count). The maximum absolute atomic E-state index is 12.5. The fraction of sp³-hybridized carbons (Fsp3) is 0.105. The average molecular weight is 371 g/mol. The van der Waals surface area contributed by atoms with Crippen LogP contribution in [0, 0.1) is 0 Å². The first-order chi connectivity index (χ1) is 12.4. The molecule has 1 atom stereocenters. The van der Waals surface area contributed by atoms with E-state index in [9.17, 15) is 14.4 Å². The number of aromatic nitrogens is 1. The number of carbonyl (C=O) groups is 2. The summed E-state index contributed by atoms with van der Waals surface area (Å²) in [6.45, 7) is 1.45. The maximum Gasteiger partial charge on any atom is 0.339 e. The second-order valence-electron chi connectivity index (χ2n) is 5.64. The van der Waals surface area contributed by atoms with Gasteiger partial charge in [-0.15, -0.1) is 0 Å². The standard InChI is InChI=1S/C19H15ClN2O4/c1-11(18(24)21-13-6-4-5-12(20)9-13)26-19(25)15-10-17(23)22-16-8-3-2-7-14(15)16/h2-11H,1H3,(H,21,24)(H,22,23)/t11-/m0/s1. The number of ether oxygens (including phenoxy) is 1. The van der Waals surface area contributed by atoms with E-state index in [1.54, 1.807) is 48.5 Å². The van der Waals surface area contributed by atoms with Crippen LogP contribution in [0.25, 0.3) is 10.9 Å². The number of aromatic amines is 1. The number of benzene rings is 2. The lowest BCUT2D eigenvalue weighted by molar-refractivity contribution is -0.123. The first kappa shape index (κ1) is 17.7. The molecule has 0 aliphatic carbocycles. The molecule has 2 N–H and O–H groups in total. The number of carbonyl (C=O) groups excluding carboxylic acids is 2. The van der Waals surface area contributed by atoms with Crippen LogP contribution in [0.15, 0.2) is 59.4 Å². The number of hydrogen-bond donors (Lipinski definition) is 2. The Morgan fingerprint density at radius 2 is 1.88 bits per heavy atom. The van der Waals surface area contributed by atoms with Crippen molar-refractivity contribution in [2.45, 2.75) is 13.0 Å². The number of amides is 1. The van der Waals surface area contributed by atoms with E-state index < -0.39 is 23.5 Å². The fourth-order valence-corrected chi connectivity index (χ4v) is 2.65. The maximum atomic E-state index is 12.5. The first-order valence-corrected chi connectivity index (χ1v) is 8.21. The monoisotopic (exact) mass is 370 g/mol. The second kappa shape index (κ2) is 7.41. The summed E-state index contributed by atoms with van der Waals surface area (Å²) in [7, 11) is 0. The second-order valence-corrected chi connectivity index (χ2v) is 6.08. The van der Waals surface area contributed by atoms with Gasteiger partial charge in [0, 0.05) is 27.7 Å². The van der Waals surface area contributed by atoms with Crippen molar-refractivity contribution in [1.82, 2.24) is 4.98 Å². The summed E-state index contributed by atoms with van der Waals surface area (Å²) in [6, 6.07) is 14.6. The van der Waals surface area contributed by atoms with E-state index in [2.05, 4.69) is 10.3 Å². The third-order valence-electron chi connectivity index (χ3n) is 3.72. The minimum Gasteiger partial charge on any atom is -0.449 e. The summed E-state index contributed by atoms with van der Waals surface area (Å²) in [4.78, 5) is 39.1. The Hall–Kier alpha value is -3.12. The van der Waals surface area contributed by atoms with Crippen molar-refractivity contribution < 1.29 is 14.3 Å². The Morgan fingerprint density at radius 1 is 1.12 bits per heavy atom. The Labute approximate surface area is 153 Å². The molecule has 2 aromatic carbocycles. The predicted molar refractivity (Wildman–Crippen MR) is 99.5 cm³/mol. The van der Waals surface area contributed by atoms with E-state index >= 15 is 0 Å². The van der Waals surface area contributed by atoms with Gasteiger partial charge in [0.2, 0.25) is 5.56 Å². The van der Waals surface area contributed by atoms with E-state index in [1.165, 1.54) is 6.92 Å². The first-order valence-electron chi connectivity index (χ1n) is 7.83. The molecule has 0 bridgehead atoms. The lowest BCUT2D eigenvalue weighted by atomic mass is 10.1. The number of anilines is 1. The molecule has 0 unspecified atom stereocenters. The van der Waals surface area contributed by atoms with E-state index in [4.69, 9.17) is 16.3 Å². The number of para-hydroxylation sites is 1. The molecule has 3 aromatic rings. The number of esters is 1. The number of pyridine rings is 1. The van der Waals surface area contributed by atoms with E-state index in [0.29, 0.717) is 21.6 Å². The molecule has 1 amide bonds. The lowest BCUT2D eigenvalue weighted by Crippen LogP contribution is -2.30. The van der Waals surface area contributed by atoms with Crippen molar-refractivity contribution in [2.75, 3.05) is 5.32 Å². The summed E-state index contributed by atoms with van der Waals surface area (Å²) < 4.78 is 5.23. The van der Waals surface area contributed by atoms with Crippen molar-refractivity contribution in [2.24, 2.45) is 0 Å². The Balaban J connectivity index is 1.77. The molecule has 7 heteroatoms. The van der Waals surface area contributed by atoms with Gasteiger partial charge in [-0.1, -0.05) is 35.9 Å². The van der Waals surface area contributed by atoms with Crippen molar-refractivity contribution >= 4 is 40.1 Å². The van der Waals surface area contributed by atoms with Crippen molar-refractivity contribution in [1.29, 1.82) is 0 Å². The third-order valence-corrected chi connectivity index (χ3v) is 3.95. The molecular formula is C19H15ClN2O4. The van der Waals surface area contributed by atoms with Crippen LogP contribution in [-0.2, 0) is 9.53 Å². The van der Waals surface area contributed by atoms with Gasteiger partial charge in [0.15, 0.2) is 6.10 Å². The van der Waals surface area contributed by atoms with Gasteiger partial charge in [0.05, 0.1) is 5.56 Å². The molecule has 0 saturated carbocycles. The summed E-state index contributed by atoms with van der Waals surface area (Å²) in [5.74, 6) is -1.25. The van der Waals surface area contributed by atoms with E-state index in [-0.39, 0.29) is 5.56 Å². The van der Waals surface area contributed by atoms with Gasteiger partial charge in [-0.05, 0) is 31.2 Å². The highest BCUT2D eigenvalue weighted by atomic mass is 35.5. The molecule has 0 radical (unpaired) electrons. The van der Waals surface area contributed by atoms with Crippen LogP contribution >= 0.6 is 11.6 Å². The van der Waals surface area contributed by atoms with Gasteiger partial charge >= 0.3 is 5.97 Å². The van der Waals surface area contributed by atoms with Crippen LogP contribution in [0.5, 0.6) is 0 Å². The van der Waals surface area contributed by atoms with Crippen molar-refractivity contribution in [3.8, 4) is 0 Å². The van der Waals surface area contributed by atoms with Crippen LogP contribution in [0.4, 0.5) is 5.69 Å². The van der Waals surface area contributed by atoms with Crippen molar-refractivity contribution in [3.63, 3.8) is 0 Å². The Kier molecular flexibility index (Phi) is 5.04. The van der Waals surface area contributed by atoms with Gasteiger partial charge in [-0.3, -0.25) is 9.59 Å². The minimum absolute atomic E-state index is 0.103. The zero-order valence-corrected chi connectivity index (χ0v) is 14.5. The highest BCUT2D eigenvalue weighted by Crippen LogP contribution is 2.18. The minimum atomic E-state index is -1.06. The Bertz CT molecular complexity index is 1040. The highest BCUT2D eigenvalue weighted by molar-refractivity contribution is 6.30. The van der Waals surface area contributed by atoms with Crippen LogP contribution in [0.1, 0.15) is 17.3 Å². The molecule has 0 saturated heterocycles. The van der Waals surface area contributed by atoms with Gasteiger partial charge in [0.25, 0.3) is 5.91 Å². The SMILES string of the molecule is C[C@H](OC(=O)c1cc(=O)[nH]c2ccccc12)C(=O)Nc1cccc(Cl)c1. The van der Waals surface area contributed by atoms with Gasteiger partial charge in [-0.2, -0.15) is 0 Å². The summed E-state index contributed by atoms with van der Waals surface area (Å²) in [6.07, 6.45) is -1.06. The molecule has 6 nitrogen and oxygen atoms in total. The summed E-state index contributed by atoms with van der Waals surface area (Å²) in [5, 5.41) is 3.64. The zero-order chi connectivity index (χ0) is 18.7. The van der Waals surface area contributed by atoms with Crippen LogP contribution in [0.2, 0.25) is 5.02 Å². The smallest absolute Gasteiger partial charge is 0.339 e. The number of halogens is 1. The predicted octanol–water partition coefficient (Wildman–Crippen LogP) is 3.37. The molecular weight excluding hydrogens is 356 g/mol. The molecule has 1 heterocycles. The topological polar surface area (TPSA) is 88.3 Å². The molecule has 0 fully saturated rings. The number of hydrogen-bond acceptors (Lipinski definition) is 4. The lowest BCUT2D eigenvalue weighted by Gasteiger charge is -2.14. The summed E-state index contributed by atoms with van der Waals surface area (Å²) >= 11 is 5.87. The highest BCUT2D eigenvalue weighted by Gasteiger charge is 2.21. The molecule has 1 aromatic heterocycles. The third kappa shape index (κ3) is 3.92. The van der Waals surface area contributed by atoms with Gasteiger partial charge in [0.1, 0.15) is 0 Å². The normalized spacial score (nSPS) is 11.8. The zero-order valence-electron chi connectivity index (χ0n) is 13.8. The van der Waals surface area contributed by atoms with Gasteiger partial charge in [-0.25, -0.2) is 4.79 Å². The van der Waals surface area contributed by atoms with Crippen LogP contribution in [0.3, 0.4) is 0 Å². The molecule has 0 aliphatic heterocycles. The summed E-state index contributed by atoms with van der Waals surface area (Å²) in [5.41, 5.74) is 0.688.